The Kier molecular flexibility index (Phi) is 2.73. The highest BCUT2D eigenvalue weighted by atomic mass is 32.2. The number of aromatic nitrogens is 4. The van der Waals surface area contributed by atoms with Crippen LogP contribution in [0.3, 0.4) is 0 Å². The van der Waals surface area contributed by atoms with Crippen molar-refractivity contribution in [3.05, 3.63) is 46.4 Å². The molecule has 0 N–H and O–H groups in total. The second-order valence-electron chi connectivity index (χ2n) is 4.29. The van der Waals surface area contributed by atoms with Crippen LogP contribution in [0.25, 0.3) is 0 Å². The van der Waals surface area contributed by atoms with Crippen molar-refractivity contribution >= 4 is 23.5 Å². The van der Waals surface area contributed by atoms with E-state index in [-0.39, 0.29) is 10.5 Å². The van der Waals surface area contributed by atoms with Gasteiger partial charge in [0, 0.05) is 23.4 Å². The first-order chi connectivity index (χ1) is 10.1. The second-order valence-corrected chi connectivity index (χ2v) is 6.24. The van der Waals surface area contributed by atoms with Gasteiger partial charge in [-0.1, -0.05) is 17.8 Å². The molecule has 0 radical (unpaired) electrons. The van der Waals surface area contributed by atoms with Gasteiger partial charge in [-0.2, -0.15) is 13.2 Å². The van der Waals surface area contributed by atoms with Crippen molar-refractivity contribution in [3.8, 4) is 0 Å². The maximum Gasteiger partial charge on any atom is 0.453 e. The molecule has 2 aromatic heterocycles. The molecule has 1 atom stereocenters. The van der Waals surface area contributed by atoms with Gasteiger partial charge >= 0.3 is 6.18 Å². The molecule has 0 saturated carbocycles. The zero-order valence-electron chi connectivity index (χ0n) is 10.2. The van der Waals surface area contributed by atoms with Crippen LogP contribution in [0, 0.1) is 0 Å². The number of fused-ring (bicyclic) bond motifs is 3. The fraction of sp³-hybridized carbons (Fsp3) is 0.182. The van der Waals surface area contributed by atoms with Crippen LogP contribution in [0.5, 0.6) is 0 Å². The number of halogens is 3. The Morgan fingerprint density at radius 3 is 2.81 bits per heavy atom. The quantitative estimate of drug-likeness (QED) is 0.802. The first-order valence-electron chi connectivity index (χ1n) is 5.81. The summed E-state index contributed by atoms with van der Waals surface area (Å²) in [6, 6.07) is 3.59. The summed E-state index contributed by atoms with van der Waals surface area (Å²) in [5.41, 5.74) is 0.823. The average molecular weight is 329 g/mol. The van der Waals surface area contributed by atoms with Crippen LogP contribution in [0.4, 0.5) is 13.2 Å². The minimum atomic E-state index is -4.55. The van der Waals surface area contributed by atoms with E-state index in [9.17, 15) is 13.2 Å². The first-order valence-corrected chi connectivity index (χ1v) is 7.57. The Bertz CT molecular complexity index is 727. The molecule has 0 amide bonds. The fourth-order valence-corrected chi connectivity index (χ4v) is 4.37. The molecule has 0 spiro atoms. The van der Waals surface area contributed by atoms with Crippen LogP contribution in [0.15, 0.2) is 40.1 Å². The van der Waals surface area contributed by atoms with Crippen molar-refractivity contribution in [1.29, 1.82) is 0 Å². The van der Waals surface area contributed by atoms with Crippen molar-refractivity contribution in [3.63, 3.8) is 0 Å². The van der Waals surface area contributed by atoms with Gasteiger partial charge in [0.1, 0.15) is 10.4 Å². The highest BCUT2D eigenvalue weighted by Crippen LogP contribution is 2.52. The summed E-state index contributed by atoms with van der Waals surface area (Å²) in [5.74, 6) is -1.01. The van der Waals surface area contributed by atoms with E-state index in [2.05, 4.69) is 15.2 Å². The smallest absolute Gasteiger partial charge is 0.264 e. The first kappa shape index (κ1) is 13.0. The summed E-state index contributed by atoms with van der Waals surface area (Å²) >= 11 is 2.61. The lowest BCUT2D eigenvalue weighted by Crippen LogP contribution is -2.33. The van der Waals surface area contributed by atoms with Gasteiger partial charge in [0.15, 0.2) is 0 Å². The lowest BCUT2D eigenvalue weighted by atomic mass is 10.3. The van der Waals surface area contributed by atoms with E-state index in [1.807, 2.05) is 11.5 Å². The summed E-state index contributed by atoms with van der Waals surface area (Å²) in [7, 11) is 0. The lowest BCUT2D eigenvalue weighted by Gasteiger charge is -2.25. The number of hydrogen-bond acceptors (Lipinski definition) is 6. The Hall–Kier alpha value is -1.68. The molecule has 4 heterocycles. The maximum atomic E-state index is 13.1. The van der Waals surface area contributed by atoms with Gasteiger partial charge in [0.25, 0.3) is 5.82 Å². The van der Waals surface area contributed by atoms with Crippen LogP contribution in [0.1, 0.15) is 16.8 Å². The van der Waals surface area contributed by atoms with Gasteiger partial charge in [-0.05, 0) is 17.8 Å². The molecule has 0 aliphatic carbocycles. The highest BCUT2D eigenvalue weighted by Gasteiger charge is 2.46. The van der Waals surface area contributed by atoms with Crippen molar-refractivity contribution in [2.45, 2.75) is 16.7 Å². The third-order valence-electron chi connectivity index (χ3n) is 2.99. The van der Waals surface area contributed by atoms with Crippen molar-refractivity contribution < 1.29 is 13.2 Å². The molecule has 21 heavy (non-hydrogen) atoms. The molecule has 5 nitrogen and oxygen atoms in total. The van der Waals surface area contributed by atoms with Crippen LogP contribution in [-0.2, 0) is 6.18 Å². The van der Waals surface area contributed by atoms with Crippen molar-refractivity contribution in [2.75, 3.05) is 5.01 Å². The number of pyridine rings is 1. The van der Waals surface area contributed by atoms with Crippen LogP contribution in [-0.4, -0.2) is 19.9 Å². The van der Waals surface area contributed by atoms with E-state index < -0.39 is 12.0 Å². The molecule has 0 bridgehead atoms. The highest BCUT2D eigenvalue weighted by molar-refractivity contribution is 8.07. The largest absolute Gasteiger partial charge is 0.453 e. The molecule has 108 valence electrons. The summed E-state index contributed by atoms with van der Waals surface area (Å²) in [6.45, 7) is 0. The Balaban J connectivity index is 1.81. The van der Waals surface area contributed by atoms with Crippen LogP contribution < -0.4 is 5.01 Å². The minimum absolute atomic E-state index is 0.225. The molecule has 0 saturated heterocycles. The van der Waals surface area contributed by atoms with Gasteiger partial charge in [-0.25, -0.2) is 4.68 Å². The lowest BCUT2D eigenvalue weighted by molar-refractivity contribution is -0.147. The number of alkyl halides is 3. The number of thioether (sulfide) groups is 2. The van der Waals surface area contributed by atoms with Gasteiger partial charge in [0.05, 0.1) is 0 Å². The summed E-state index contributed by atoms with van der Waals surface area (Å²) in [5, 5.41) is 10.9. The van der Waals surface area contributed by atoms with Crippen LogP contribution >= 0.6 is 23.5 Å². The third-order valence-corrected chi connectivity index (χ3v) is 5.18. The molecule has 2 aliphatic rings. The normalized spacial score (nSPS) is 20.4. The van der Waals surface area contributed by atoms with E-state index >= 15 is 0 Å². The van der Waals surface area contributed by atoms with Crippen LogP contribution in [0.2, 0.25) is 0 Å². The molecule has 2 aliphatic heterocycles. The summed E-state index contributed by atoms with van der Waals surface area (Å²) in [4.78, 5) is 4.03. The van der Waals surface area contributed by atoms with E-state index in [1.54, 1.807) is 23.5 Å². The molecular formula is C11H6F3N5S2. The van der Waals surface area contributed by atoms with E-state index in [1.165, 1.54) is 23.5 Å². The van der Waals surface area contributed by atoms with E-state index in [0.29, 0.717) is 5.03 Å². The number of nitrogens with zero attached hydrogens (tertiary/aromatic N) is 5. The molecule has 2 aromatic rings. The fourth-order valence-electron chi connectivity index (χ4n) is 2.16. The Morgan fingerprint density at radius 1 is 1.24 bits per heavy atom. The Labute approximate surface area is 125 Å². The number of rotatable bonds is 1. The van der Waals surface area contributed by atoms with Gasteiger partial charge in [-0.3, -0.25) is 9.99 Å². The molecule has 10 heteroatoms. The number of hydrogen-bond donors (Lipinski definition) is 0. The average Bonchev–Trinajstić information content (AvgIpc) is 3.08. The predicted octanol–water partition coefficient (Wildman–Crippen LogP) is 2.98. The second kappa shape index (κ2) is 4.41. The van der Waals surface area contributed by atoms with Gasteiger partial charge in [0.2, 0.25) is 5.16 Å². The SMILES string of the molecule is FC(F)(F)c1nnc2n1N1C(=CS[C@H]1c1cccnc1)S2. The van der Waals surface area contributed by atoms with E-state index in [0.717, 1.165) is 10.2 Å². The molecule has 0 aromatic carbocycles. The summed E-state index contributed by atoms with van der Waals surface area (Å²) < 4.78 is 40.2. The zero-order valence-corrected chi connectivity index (χ0v) is 11.8. The maximum absolute atomic E-state index is 13.1. The van der Waals surface area contributed by atoms with Gasteiger partial charge < -0.3 is 0 Å². The molecular weight excluding hydrogens is 323 g/mol. The standard InChI is InChI=1S/C11H6F3N5S2/c12-11(13,14)9-16-17-10-19(9)18-7(21-10)5-20-8(18)6-2-1-3-15-4-6/h1-5,8H/t8-/m0/s1. The zero-order chi connectivity index (χ0) is 14.6. The third kappa shape index (κ3) is 1.93. The molecule has 0 fully saturated rings. The molecule has 0 unspecified atom stereocenters. The van der Waals surface area contributed by atoms with Gasteiger partial charge in [-0.15, -0.1) is 10.2 Å². The topological polar surface area (TPSA) is 46.8 Å². The van der Waals surface area contributed by atoms with E-state index in [4.69, 9.17) is 0 Å². The predicted molar refractivity (Wildman–Crippen MR) is 71.8 cm³/mol. The molecule has 4 rings (SSSR count). The Morgan fingerprint density at radius 2 is 2.10 bits per heavy atom. The van der Waals surface area contributed by atoms with Crippen molar-refractivity contribution in [2.24, 2.45) is 0 Å². The summed E-state index contributed by atoms with van der Waals surface area (Å²) in [6.07, 6.45) is -1.27. The van der Waals surface area contributed by atoms with Crippen molar-refractivity contribution in [1.82, 2.24) is 19.9 Å². The monoisotopic (exact) mass is 329 g/mol. The minimum Gasteiger partial charge on any atom is -0.264 e.